The molecule has 8 heteroatoms. The molecule has 1 N–H and O–H groups in total. The van der Waals surface area contributed by atoms with Crippen molar-refractivity contribution in [3.63, 3.8) is 0 Å². The normalized spacial score (nSPS) is 25.4. The number of aromatic nitrogens is 2. The zero-order valence-corrected chi connectivity index (χ0v) is 20.9. The number of fused-ring (bicyclic) bond motifs is 3. The minimum Gasteiger partial charge on any atom is -0.481 e. The standard InChI is InChI=1S/C27H37N3O5/c1-17-6-8-21-22(29(17)27(33)34-2)9-10-23-25(21)28-24(11-7-18-12-14-35-15-13-18)30(23)20-5-3-4-19(16-20)26(31)32/h9-10,17-20H,3-8,11-16H2,1-2H3,(H,31,32)/t17?,19-,20-/m1/s1. The molecule has 2 aliphatic heterocycles. The van der Waals surface area contributed by atoms with Gasteiger partial charge in [0.25, 0.3) is 0 Å². The Bertz CT molecular complexity index is 1090. The molecule has 5 rings (SSSR count). The van der Waals surface area contributed by atoms with Crippen LogP contribution < -0.4 is 4.90 Å². The Morgan fingerprint density at radius 1 is 1.17 bits per heavy atom. The smallest absolute Gasteiger partial charge is 0.414 e. The number of imidazole rings is 1. The summed E-state index contributed by atoms with van der Waals surface area (Å²) in [4.78, 5) is 31.4. The second-order valence-electron chi connectivity index (χ2n) is 10.5. The molecule has 1 aromatic carbocycles. The van der Waals surface area contributed by atoms with Gasteiger partial charge in [0, 0.05) is 37.3 Å². The minimum absolute atomic E-state index is 0.0668. The van der Waals surface area contributed by atoms with Crippen LogP contribution in [0.4, 0.5) is 10.5 Å². The fourth-order valence-electron chi connectivity index (χ4n) is 6.40. The number of aryl methyl sites for hydroxylation is 2. The summed E-state index contributed by atoms with van der Waals surface area (Å²) >= 11 is 0. The molecule has 3 aliphatic rings. The van der Waals surface area contributed by atoms with Crippen molar-refractivity contribution in [2.45, 2.75) is 83.2 Å². The maximum atomic E-state index is 12.6. The molecule has 0 bridgehead atoms. The van der Waals surface area contributed by atoms with Crippen molar-refractivity contribution in [1.29, 1.82) is 0 Å². The number of benzene rings is 1. The van der Waals surface area contributed by atoms with Crippen LogP contribution in [-0.2, 0) is 27.1 Å². The molecule has 8 nitrogen and oxygen atoms in total. The van der Waals surface area contributed by atoms with Crippen LogP contribution in [0.2, 0.25) is 0 Å². The van der Waals surface area contributed by atoms with Gasteiger partial charge < -0.3 is 19.1 Å². The number of carboxylic acid groups (broad SMARTS) is 1. The molecule has 1 aromatic heterocycles. The van der Waals surface area contributed by atoms with Crippen molar-refractivity contribution in [3.8, 4) is 0 Å². The van der Waals surface area contributed by atoms with Crippen LogP contribution in [0, 0.1) is 11.8 Å². The SMILES string of the molecule is COC(=O)N1c2ccc3c(nc(CCC4CCOCC4)n3[C@@H]3CCC[C@@H](C(=O)O)C3)c2CCC1C. The topological polar surface area (TPSA) is 93.9 Å². The molecule has 1 saturated carbocycles. The molecule has 2 aromatic rings. The number of hydrogen-bond acceptors (Lipinski definition) is 5. The zero-order valence-electron chi connectivity index (χ0n) is 20.9. The van der Waals surface area contributed by atoms with Crippen molar-refractivity contribution in [2.24, 2.45) is 11.8 Å². The molecule has 35 heavy (non-hydrogen) atoms. The van der Waals surface area contributed by atoms with E-state index in [1.807, 2.05) is 6.07 Å². The molecule has 3 heterocycles. The quantitative estimate of drug-likeness (QED) is 0.634. The Kier molecular flexibility index (Phi) is 7.00. The molecule has 1 amide bonds. The van der Waals surface area contributed by atoms with Gasteiger partial charge in [0.05, 0.1) is 29.7 Å². The van der Waals surface area contributed by atoms with Crippen molar-refractivity contribution in [2.75, 3.05) is 25.2 Å². The number of ether oxygens (including phenoxy) is 2. The minimum atomic E-state index is -0.692. The third-order valence-electron chi connectivity index (χ3n) is 8.38. The van der Waals surface area contributed by atoms with Gasteiger partial charge in [0.15, 0.2) is 0 Å². The van der Waals surface area contributed by atoms with Gasteiger partial charge in [0.2, 0.25) is 0 Å². The maximum Gasteiger partial charge on any atom is 0.414 e. The Hall–Kier alpha value is -2.61. The van der Waals surface area contributed by atoms with Crippen LogP contribution in [0.5, 0.6) is 0 Å². The van der Waals surface area contributed by atoms with Crippen LogP contribution >= 0.6 is 0 Å². The average molecular weight is 484 g/mol. The highest BCUT2D eigenvalue weighted by Gasteiger charge is 2.34. The molecule has 0 radical (unpaired) electrons. The highest BCUT2D eigenvalue weighted by Crippen LogP contribution is 2.41. The number of aliphatic carboxylic acids is 1. The lowest BCUT2D eigenvalue weighted by Gasteiger charge is -2.34. The van der Waals surface area contributed by atoms with E-state index in [9.17, 15) is 14.7 Å². The first-order valence-electron chi connectivity index (χ1n) is 13.2. The Morgan fingerprint density at radius 2 is 1.97 bits per heavy atom. The predicted molar refractivity (Wildman–Crippen MR) is 133 cm³/mol. The average Bonchev–Trinajstić information content (AvgIpc) is 3.26. The van der Waals surface area contributed by atoms with E-state index < -0.39 is 5.97 Å². The van der Waals surface area contributed by atoms with E-state index in [2.05, 4.69) is 17.6 Å². The third kappa shape index (κ3) is 4.65. The zero-order chi connectivity index (χ0) is 24.5. The van der Waals surface area contributed by atoms with E-state index in [0.717, 1.165) is 99.1 Å². The van der Waals surface area contributed by atoms with Gasteiger partial charge in [-0.2, -0.15) is 0 Å². The number of nitrogens with zero attached hydrogens (tertiary/aromatic N) is 3. The van der Waals surface area contributed by atoms with E-state index in [1.54, 1.807) is 4.90 Å². The molecule has 1 saturated heterocycles. The summed E-state index contributed by atoms with van der Waals surface area (Å²) in [5.41, 5.74) is 4.02. The van der Waals surface area contributed by atoms with Crippen molar-refractivity contribution < 1.29 is 24.2 Å². The van der Waals surface area contributed by atoms with Gasteiger partial charge in [-0.25, -0.2) is 9.78 Å². The van der Waals surface area contributed by atoms with Crippen LogP contribution in [0.15, 0.2) is 12.1 Å². The lowest BCUT2D eigenvalue weighted by molar-refractivity contribution is -0.143. The number of hydrogen-bond donors (Lipinski definition) is 1. The summed E-state index contributed by atoms with van der Waals surface area (Å²) in [5, 5.41) is 9.71. The Labute approximate surface area is 206 Å². The molecule has 190 valence electrons. The number of rotatable bonds is 5. The highest BCUT2D eigenvalue weighted by molar-refractivity contribution is 5.95. The van der Waals surface area contributed by atoms with E-state index in [-0.39, 0.29) is 24.1 Å². The summed E-state index contributed by atoms with van der Waals surface area (Å²) in [6.45, 7) is 3.72. The number of carbonyl (C=O) groups excluding carboxylic acids is 1. The van der Waals surface area contributed by atoms with Gasteiger partial charge >= 0.3 is 12.1 Å². The van der Waals surface area contributed by atoms with E-state index in [1.165, 1.54) is 7.11 Å². The van der Waals surface area contributed by atoms with E-state index in [0.29, 0.717) is 12.3 Å². The molecule has 0 spiro atoms. The summed E-state index contributed by atoms with van der Waals surface area (Å²) in [5.74, 6) is 0.699. The van der Waals surface area contributed by atoms with Gasteiger partial charge in [0.1, 0.15) is 5.82 Å². The monoisotopic (exact) mass is 483 g/mol. The number of anilines is 1. The van der Waals surface area contributed by atoms with E-state index in [4.69, 9.17) is 14.5 Å². The molecular formula is C27H37N3O5. The van der Waals surface area contributed by atoms with Gasteiger partial charge in [-0.15, -0.1) is 0 Å². The first kappa shape index (κ1) is 24.1. The summed E-state index contributed by atoms with van der Waals surface area (Å²) in [6.07, 6.45) is 8.78. The lowest BCUT2D eigenvalue weighted by Crippen LogP contribution is -2.42. The lowest BCUT2D eigenvalue weighted by atomic mass is 9.85. The number of carboxylic acids is 1. The number of methoxy groups -OCH3 is 1. The largest absolute Gasteiger partial charge is 0.481 e. The fourth-order valence-corrected chi connectivity index (χ4v) is 6.40. The highest BCUT2D eigenvalue weighted by atomic mass is 16.5. The van der Waals surface area contributed by atoms with Gasteiger partial charge in [-0.3, -0.25) is 9.69 Å². The summed E-state index contributed by atoms with van der Waals surface area (Å²) < 4.78 is 13.0. The molecule has 1 aliphatic carbocycles. The third-order valence-corrected chi connectivity index (χ3v) is 8.38. The number of carbonyl (C=O) groups is 2. The predicted octanol–water partition coefficient (Wildman–Crippen LogP) is 5.12. The molecule has 2 fully saturated rings. The van der Waals surface area contributed by atoms with E-state index >= 15 is 0 Å². The number of amides is 1. The van der Waals surface area contributed by atoms with Crippen LogP contribution in [0.3, 0.4) is 0 Å². The van der Waals surface area contributed by atoms with Gasteiger partial charge in [-0.1, -0.05) is 6.42 Å². The van der Waals surface area contributed by atoms with Crippen LogP contribution in [0.25, 0.3) is 11.0 Å². The Morgan fingerprint density at radius 3 is 2.71 bits per heavy atom. The fraction of sp³-hybridized carbons (Fsp3) is 0.667. The molecule has 1 unspecified atom stereocenters. The van der Waals surface area contributed by atoms with Crippen molar-refractivity contribution in [3.05, 3.63) is 23.5 Å². The van der Waals surface area contributed by atoms with Crippen LogP contribution in [-0.4, -0.2) is 53.1 Å². The maximum absolute atomic E-state index is 12.6. The van der Waals surface area contributed by atoms with Crippen LogP contribution in [0.1, 0.15) is 75.7 Å². The first-order chi connectivity index (χ1) is 17.0. The summed E-state index contributed by atoms with van der Waals surface area (Å²) in [6, 6.07) is 4.31. The Balaban J connectivity index is 1.56. The first-order valence-corrected chi connectivity index (χ1v) is 13.2. The van der Waals surface area contributed by atoms with Crippen molar-refractivity contribution in [1.82, 2.24) is 9.55 Å². The second kappa shape index (κ2) is 10.2. The summed E-state index contributed by atoms with van der Waals surface area (Å²) in [7, 11) is 1.42. The van der Waals surface area contributed by atoms with Gasteiger partial charge in [-0.05, 0) is 76.3 Å². The molecular weight excluding hydrogens is 446 g/mol. The van der Waals surface area contributed by atoms with Crippen molar-refractivity contribution >= 4 is 28.8 Å². The molecule has 3 atom stereocenters. The second-order valence-corrected chi connectivity index (χ2v) is 10.5.